The van der Waals surface area contributed by atoms with Crippen LogP contribution >= 0.6 is 0 Å². The zero-order valence-electron chi connectivity index (χ0n) is 9.79. The lowest BCUT2D eigenvalue weighted by molar-refractivity contribution is 0.0736. The van der Waals surface area contributed by atoms with E-state index in [-0.39, 0.29) is 12.1 Å². The van der Waals surface area contributed by atoms with Crippen LogP contribution in [0.15, 0.2) is 12.1 Å². The van der Waals surface area contributed by atoms with Crippen LogP contribution in [0.5, 0.6) is 0 Å². The third-order valence-corrected chi connectivity index (χ3v) is 3.34. The molecule has 2 atom stereocenters. The number of halogens is 3. The summed E-state index contributed by atoms with van der Waals surface area (Å²) >= 11 is 0. The summed E-state index contributed by atoms with van der Waals surface area (Å²) in [5, 5.41) is 0. The van der Waals surface area contributed by atoms with Gasteiger partial charge in [0.15, 0.2) is 17.5 Å². The fourth-order valence-electron chi connectivity index (χ4n) is 2.10. The molecule has 1 saturated heterocycles. The third kappa shape index (κ3) is 1.96. The van der Waals surface area contributed by atoms with Crippen molar-refractivity contribution in [1.82, 2.24) is 4.90 Å². The maximum Gasteiger partial charge on any atom is 0.257 e. The molecule has 1 aromatic carbocycles. The summed E-state index contributed by atoms with van der Waals surface area (Å²) in [6.07, 6.45) is 0.609. The topological polar surface area (TPSA) is 46.3 Å². The summed E-state index contributed by atoms with van der Waals surface area (Å²) in [5.41, 5.74) is 5.29. The van der Waals surface area contributed by atoms with Gasteiger partial charge in [-0.1, -0.05) is 0 Å². The predicted octanol–water partition coefficient (Wildman–Crippen LogP) is 1.67. The highest BCUT2D eigenvalue weighted by molar-refractivity contribution is 5.95. The number of nitrogens with zero attached hydrogens (tertiary/aromatic N) is 1. The molecule has 1 heterocycles. The van der Waals surface area contributed by atoms with Gasteiger partial charge in [-0.05, 0) is 25.5 Å². The van der Waals surface area contributed by atoms with Gasteiger partial charge in [-0.25, -0.2) is 13.2 Å². The smallest absolute Gasteiger partial charge is 0.257 e. The van der Waals surface area contributed by atoms with Crippen LogP contribution in [0.2, 0.25) is 0 Å². The van der Waals surface area contributed by atoms with Gasteiger partial charge in [0, 0.05) is 18.6 Å². The lowest BCUT2D eigenvalue weighted by Gasteiger charge is -2.23. The molecule has 6 heteroatoms. The van der Waals surface area contributed by atoms with E-state index in [0.29, 0.717) is 13.0 Å². The molecule has 2 N–H and O–H groups in total. The van der Waals surface area contributed by atoms with Crippen LogP contribution in [0, 0.1) is 17.5 Å². The Bertz CT molecular complexity index is 492. The van der Waals surface area contributed by atoms with Gasteiger partial charge in [0.1, 0.15) is 0 Å². The van der Waals surface area contributed by atoms with E-state index in [2.05, 4.69) is 0 Å². The van der Waals surface area contributed by atoms with Crippen molar-refractivity contribution in [2.24, 2.45) is 5.73 Å². The monoisotopic (exact) mass is 258 g/mol. The fraction of sp³-hybridized carbons (Fsp3) is 0.417. The molecule has 98 valence electrons. The fourth-order valence-corrected chi connectivity index (χ4v) is 2.10. The van der Waals surface area contributed by atoms with E-state index in [4.69, 9.17) is 5.73 Å². The molecule has 1 aliphatic heterocycles. The summed E-state index contributed by atoms with van der Waals surface area (Å²) in [5.74, 6) is -5.05. The van der Waals surface area contributed by atoms with Crippen LogP contribution in [0.1, 0.15) is 23.7 Å². The number of carbonyl (C=O) groups excluding carboxylic acids is 1. The van der Waals surface area contributed by atoms with E-state index in [1.54, 1.807) is 6.92 Å². The van der Waals surface area contributed by atoms with Gasteiger partial charge in [0.25, 0.3) is 5.91 Å². The van der Waals surface area contributed by atoms with Gasteiger partial charge in [0.2, 0.25) is 0 Å². The number of nitrogens with two attached hydrogens (primary N) is 1. The number of rotatable bonds is 1. The van der Waals surface area contributed by atoms with Crippen molar-refractivity contribution in [2.45, 2.75) is 25.4 Å². The van der Waals surface area contributed by atoms with Gasteiger partial charge < -0.3 is 10.6 Å². The van der Waals surface area contributed by atoms with E-state index >= 15 is 0 Å². The predicted molar refractivity (Wildman–Crippen MR) is 59.4 cm³/mol. The minimum atomic E-state index is -1.63. The molecule has 18 heavy (non-hydrogen) atoms. The summed E-state index contributed by atoms with van der Waals surface area (Å²) in [6.45, 7) is 2.13. The number of likely N-dealkylation sites (tertiary alicyclic amines) is 1. The molecular formula is C12H13F3N2O. The Hall–Kier alpha value is -1.56. The molecule has 0 aliphatic carbocycles. The number of carbonyl (C=O) groups is 1. The molecule has 1 amide bonds. The van der Waals surface area contributed by atoms with Gasteiger partial charge in [-0.15, -0.1) is 0 Å². The summed E-state index contributed by atoms with van der Waals surface area (Å²) in [6, 6.07) is 1.27. The first-order valence-electron chi connectivity index (χ1n) is 5.63. The van der Waals surface area contributed by atoms with Crippen molar-refractivity contribution in [1.29, 1.82) is 0 Å². The van der Waals surface area contributed by atoms with Crippen molar-refractivity contribution in [3.63, 3.8) is 0 Å². The number of hydrogen-bond acceptors (Lipinski definition) is 2. The maximum atomic E-state index is 13.5. The quantitative estimate of drug-likeness (QED) is 0.779. The van der Waals surface area contributed by atoms with Crippen LogP contribution in [-0.4, -0.2) is 29.4 Å². The minimum absolute atomic E-state index is 0.178. The van der Waals surface area contributed by atoms with E-state index < -0.39 is 28.9 Å². The summed E-state index contributed by atoms with van der Waals surface area (Å²) in [4.78, 5) is 13.4. The molecule has 0 spiro atoms. The molecule has 2 rings (SSSR count). The highest BCUT2D eigenvalue weighted by Gasteiger charge is 2.33. The highest BCUT2D eigenvalue weighted by atomic mass is 19.2. The van der Waals surface area contributed by atoms with Crippen LogP contribution < -0.4 is 5.73 Å². The normalized spacial score (nSPS) is 23.5. The second kappa shape index (κ2) is 4.61. The zero-order valence-corrected chi connectivity index (χ0v) is 9.79. The van der Waals surface area contributed by atoms with Crippen LogP contribution in [0.4, 0.5) is 13.2 Å². The minimum Gasteiger partial charge on any atom is -0.334 e. The zero-order chi connectivity index (χ0) is 13.4. The molecule has 1 aromatic rings. The molecule has 3 nitrogen and oxygen atoms in total. The third-order valence-electron chi connectivity index (χ3n) is 3.34. The Morgan fingerprint density at radius 2 is 2.00 bits per heavy atom. The van der Waals surface area contributed by atoms with Crippen LogP contribution in [0.25, 0.3) is 0 Å². The number of hydrogen-bond donors (Lipinski definition) is 1. The lowest BCUT2D eigenvalue weighted by atomic mass is 10.1. The van der Waals surface area contributed by atoms with E-state index in [1.807, 2.05) is 0 Å². The summed E-state index contributed by atoms with van der Waals surface area (Å²) in [7, 11) is 0. The van der Waals surface area contributed by atoms with Gasteiger partial charge in [0.05, 0.1) is 5.56 Å². The Kier molecular flexibility index (Phi) is 3.30. The largest absolute Gasteiger partial charge is 0.334 e. The van der Waals surface area contributed by atoms with Gasteiger partial charge >= 0.3 is 0 Å². The molecule has 0 radical (unpaired) electrons. The highest BCUT2D eigenvalue weighted by Crippen LogP contribution is 2.22. The maximum absolute atomic E-state index is 13.5. The van der Waals surface area contributed by atoms with Crippen molar-refractivity contribution in [2.75, 3.05) is 6.54 Å². The van der Waals surface area contributed by atoms with E-state index in [9.17, 15) is 18.0 Å². The Morgan fingerprint density at radius 3 is 2.56 bits per heavy atom. The van der Waals surface area contributed by atoms with Crippen molar-refractivity contribution < 1.29 is 18.0 Å². The SMILES string of the molecule is CC1C(N)CCN1C(=O)c1ccc(F)c(F)c1F. The summed E-state index contributed by atoms with van der Waals surface area (Å²) < 4.78 is 39.3. The molecule has 1 fully saturated rings. The van der Waals surface area contributed by atoms with Gasteiger partial charge in [-0.2, -0.15) is 0 Å². The van der Waals surface area contributed by atoms with Crippen molar-refractivity contribution in [3.05, 3.63) is 35.1 Å². The Balaban J connectivity index is 2.33. The average Bonchev–Trinajstić information content (AvgIpc) is 2.67. The Labute approximate surface area is 102 Å². The molecular weight excluding hydrogens is 245 g/mol. The number of benzene rings is 1. The molecule has 0 bridgehead atoms. The second-order valence-electron chi connectivity index (χ2n) is 4.41. The molecule has 2 unspecified atom stereocenters. The first kappa shape index (κ1) is 12.9. The van der Waals surface area contributed by atoms with E-state index in [1.165, 1.54) is 4.90 Å². The average molecular weight is 258 g/mol. The van der Waals surface area contributed by atoms with Crippen molar-refractivity contribution in [3.8, 4) is 0 Å². The van der Waals surface area contributed by atoms with Crippen LogP contribution in [-0.2, 0) is 0 Å². The van der Waals surface area contributed by atoms with Crippen LogP contribution in [0.3, 0.4) is 0 Å². The van der Waals surface area contributed by atoms with E-state index in [0.717, 1.165) is 12.1 Å². The first-order valence-corrected chi connectivity index (χ1v) is 5.63. The first-order chi connectivity index (χ1) is 8.43. The standard InChI is InChI=1S/C12H13F3N2O/c1-6-9(16)4-5-17(6)12(18)7-2-3-8(13)11(15)10(7)14/h2-3,6,9H,4-5,16H2,1H3. The molecule has 0 saturated carbocycles. The molecule has 1 aliphatic rings. The second-order valence-corrected chi connectivity index (χ2v) is 4.41. The van der Waals surface area contributed by atoms with Gasteiger partial charge in [-0.3, -0.25) is 4.79 Å². The number of amides is 1. The van der Waals surface area contributed by atoms with Crippen molar-refractivity contribution >= 4 is 5.91 Å². The Morgan fingerprint density at radius 1 is 1.33 bits per heavy atom. The lowest BCUT2D eigenvalue weighted by Crippen LogP contribution is -2.40. The molecule has 0 aromatic heterocycles.